The lowest BCUT2D eigenvalue weighted by molar-refractivity contribution is -0.00461. The third-order valence-electron chi connectivity index (χ3n) is 3.65. The van der Waals surface area contributed by atoms with Crippen LogP contribution in [0.25, 0.3) is 0 Å². The molecule has 0 saturated carbocycles. The van der Waals surface area contributed by atoms with E-state index in [1.807, 2.05) is 16.8 Å². The summed E-state index contributed by atoms with van der Waals surface area (Å²) in [6, 6.07) is 1.87. The van der Waals surface area contributed by atoms with E-state index in [0.29, 0.717) is 18.8 Å². The number of halogens is 1. The topological polar surface area (TPSA) is 43.7 Å². The van der Waals surface area contributed by atoms with Crippen LogP contribution < -0.4 is 0 Å². The lowest BCUT2D eigenvalue weighted by Crippen LogP contribution is -2.31. The lowest BCUT2D eigenvalue weighted by atomic mass is 10.3. The second-order valence-electron chi connectivity index (χ2n) is 5.00. The lowest BCUT2D eigenvalue weighted by Gasteiger charge is -2.17. The molecule has 1 aromatic heterocycles. The molecule has 20 heavy (non-hydrogen) atoms. The molecule has 1 aliphatic rings. The molecule has 1 fully saturated rings. The van der Waals surface area contributed by atoms with Crippen LogP contribution in [-0.2, 0) is 16.0 Å². The fourth-order valence-corrected chi connectivity index (χ4v) is 3.07. The maximum atomic E-state index is 12.7. The van der Waals surface area contributed by atoms with Gasteiger partial charge in [0, 0.05) is 44.5 Å². The standard InChI is InChI=1S/C14H21BrN2O3/c1-4-5-16-7-10(15)6-11(16)14(18)17-8-12(19-2)13(9-17)20-3/h6-7,12-13H,4-5,8-9H2,1-3H3. The van der Waals surface area contributed by atoms with Crippen LogP contribution >= 0.6 is 15.9 Å². The van der Waals surface area contributed by atoms with Crippen LogP contribution in [0.4, 0.5) is 0 Å². The summed E-state index contributed by atoms with van der Waals surface area (Å²) >= 11 is 3.44. The Hall–Kier alpha value is -0.850. The Kier molecular flexibility index (Phi) is 5.23. The smallest absolute Gasteiger partial charge is 0.270 e. The molecule has 2 heterocycles. The first-order valence-corrected chi connectivity index (χ1v) is 7.60. The van der Waals surface area contributed by atoms with Crippen molar-refractivity contribution in [3.8, 4) is 0 Å². The minimum atomic E-state index is -0.0537. The van der Waals surface area contributed by atoms with Crippen LogP contribution in [0.2, 0.25) is 0 Å². The summed E-state index contributed by atoms with van der Waals surface area (Å²) < 4.78 is 13.7. The highest BCUT2D eigenvalue weighted by molar-refractivity contribution is 9.10. The van der Waals surface area contributed by atoms with Crippen LogP contribution in [0.3, 0.4) is 0 Å². The number of likely N-dealkylation sites (tertiary alicyclic amines) is 1. The number of amides is 1. The van der Waals surface area contributed by atoms with Crippen LogP contribution in [0.15, 0.2) is 16.7 Å². The van der Waals surface area contributed by atoms with Crippen molar-refractivity contribution in [3.05, 3.63) is 22.4 Å². The molecule has 2 unspecified atom stereocenters. The molecule has 0 aliphatic carbocycles. The van der Waals surface area contributed by atoms with Crippen LogP contribution in [-0.4, -0.2) is 54.9 Å². The SMILES string of the molecule is CCCn1cc(Br)cc1C(=O)N1CC(OC)C(OC)C1. The zero-order valence-electron chi connectivity index (χ0n) is 12.1. The Morgan fingerprint density at radius 3 is 2.45 bits per heavy atom. The van der Waals surface area contributed by atoms with Crippen molar-refractivity contribution in [1.29, 1.82) is 0 Å². The van der Waals surface area contributed by atoms with E-state index in [9.17, 15) is 4.79 Å². The summed E-state index contributed by atoms with van der Waals surface area (Å²) in [5.74, 6) is 0.0331. The van der Waals surface area contributed by atoms with Gasteiger partial charge in [-0.1, -0.05) is 6.92 Å². The highest BCUT2D eigenvalue weighted by Gasteiger charge is 2.36. The number of aromatic nitrogens is 1. The summed E-state index contributed by atoms with van der Waals surface area (Å²) in [6.07, 6.45) is 2.83. The Labute approximate surface area is 128 Å². The number of nitrogens with zero attached hydrogens (tertiary/aromatic N) is 2. The number of carbonyl (C=O) groups excluding carboxylic acids is 1. The first-order valence-electron chi connectivity index (χ1n) is 6.81. The van der Waals surface area contributed by atoms with Gasteiger partial charge in [-0.2, -0.15) is 0 Å². The molecule has 0 radical (unpaired) electrons. The number of hydrogen-bond donors (Lipinski definition) is 0. The van der Waals surface area contributed by atoms with Crippen molar-refractivity contribution in [2.24, 2.45) is 0 Å². The third kappa shape index (κ3) is 3.07. The zero-order valence-corrected chi connectivity index (χ0v) is 13.7. The number of carbonyl (C=O) groups is 1. The molecule has 2 atom stereocenters. The maximum absolute atomic E-state index is 12.7. The van der Waals surface area contributed by atoms with Crippen molar-refractivity contribution < 1.29 is 14.3 Å². The maximum Gasteiger partial charge on any atom is 0.270 e. The molecule has 1 saturated heterocycles. The fourth-order valence-electron chi connectivity index (χ4n) is 2.60. The second-order valence-corrected chi connectivity index (χ2v) is 5.91. The summed E-state index contributed by atoms with van der Waals surface area (Å²) in [7, 11) is 3.31. The number of aryl methyl sites for hydroxylation is 1. The average Bonchev–Trinajstić information content (AvgIpc) is 3.01. The fraction of sp³-hybridized carbons (Fsp3) is 0.643. The molecule has 2 rings (SSSR count). The van der Waals surface area contributed by atoms with E-state index in [1.54, 1.807) is 19.1 Å². The quantitative estimate of drug-likeness (QED) is 0.821. The van der Waals surface area contributed by atoms with Crippen LogP contribution in [0.5, 0.6) is 0 Å². The Balaban J connectivity index is 2.16. The molecular formula is C14H21BrN2O3. The third-order valence-corrected chi connectivity index (χ3v) is 4.09. The van der Waals surface area contributed by atoms with Gasteiger partial charge in [0.2, 0.25) is 0 Å². The van der Waals surface area contributed by atoms with E-state index < -0.39 is 0 Å². The van der Waals surface area contributed by atoms with Gasteiger partial charge in [0.05, 0.1) is 0 Å². The predicted molar refractivity (Wildman–Crippen MR) is 79.9 cm³/mol. The monoisotopic (exact) mass is 344 g/mol. The van der Waals surface area contributed by atoms with E-state index in [0.717, 1.165) is 17.4 Å². The summed E-state index contributed by atoms with van der Waals surface area (Å²) in [5, 5.41) is 0. The molecule has 1 aliphatic heterocycles. The average molecular weight is 345 g/mol. The van der Waals surface area contributed by atoms with Gasteiger partial charge in [-0.05, 0) is 28.4 Å². The number of methoxy groups -OCH3 is 2. The van der Waals surface area contributed by atoms with Crippen molar-refractivity contribution in [2.75, 3.05) is 27.3 Å². The van der Waals surface area contributed by atoms with Gasteiger partial charge in [-0.3, -0.25) is 4.79 Å². The van der Waals surface area contributed by atoms with E-state index in [2.05, 4.69) is 22.9 Å². The van der Waals surface area contributed by atoms with Crippen molar-refractivity contribution in [1.82, 2.24) is 9.47 Å². The van der Waals surface area contributed by atoms with E-state index in [-0.39, 0.29) is 18.1 Å². The minimum absolute atomic E-state index is 0.0331. The summed E-state index contributed by atoms with van der Waals surface area (Å²) in [5.41, 5.74) is 0.713. The number of rotatable bonds is 5. The number of ether oxygens (including phenoxy) is 2. The molecule has 0 aromatic carbocycles. The van der Waals surface area contributed by atoms with E-state index in [1.165, 1.54) is 0 Å². The van der Waals surface area contributed by atoms with Gasteiger partial charge >= 0.3 is 0 Å². The van der Waals surface area contributed by atoms with Gasteiger partial charge in [-0.15, -0.1) is 0 Å². The van der Waals surface area contributed by atoms with Gasteiger partial charge in [-0.25, -0.2) is 0 Å². The largest absolute Gasteiger partial charge is 0.377 e. The van der Waals surface area contributed by atoms with Crippen molar-refractivity contribution >= 4 is 21.8 Å². The first-order chi connectivity index (χ1) is 9.60. The second kappa shape index (κ2) is 6.74. The highest BCUT2D eigenvalue weighted by Crippen LogP contribution is 2.21. The molecule has 0 spiro atoms. The molecule has 112 valence electrons. The summed E-state index contributed by atoms with van der Waals surface area (Å²) in [4.78, 5) is 14.5. The van der Waals surface area contributed by atoms with E-state index >= 15 is 0 Å². The van der Waals surface area contributed by atoms with Gasteiger partial charge in [0.1, 0.15) is 17.9 Å². The molecule has 5 nitrogen and oxygen atoms in total. The van der Waals surface area contributed by atoms with Crippen LogP contribution in [0.1, 0.15) is 23.8 Å². The first kappa shape index (κ1) is 15.5. The molecule has 6 heteroatoms. The van der Waals surface area contributed by atoms with Gasteiger partial charge in [0.25, 0.3) is 5.91 Å². The Morgan fingerprint density at radius 2 is 1.95 bits per heavy atom. The molecule has 0 bridgehead atoms. The predicted octanol–water partition coefficient (Wildman–Crippen LogP) is 2.15. The zero-order chi connectivity index (χ0) is 14.7. The van der Waals surface area contributed by atoms with Crippen molar-refractivity contribution in [2.45, 2.75) is 32.1 Å². The number of hydrogen-bond acceptors (Lipinski definition) is 3. The summed E-state index contributed by atoms with van der Waals surface area (Å²) in [6.45, 7) is 4.08. The Bertz CT molecular complexity index is 463. The Morgan fingerprint density at radius 1 is 1.35 bits per heavy atom. The minimum Gasteiger partial charge on any atom is -0.377 e. The van der Waals surface area contributed by atoms with Gasteiger partial charge < -0.3 is 18.9 Å². The molecular weight excluding hydrogens is 324 g/mol. The molecule has 1 amide bonds. The van der Waals surface area contributed by atoms with Gasteiger partial charge in [0.15, 0.2) is 0 Å². The van der Waals surface area contributed by atoms with E-state index in [4.69, 9.17) is 9.47 Å². The van der Waals surface area contributed by atoms with Crippen molar-refractivity contribution in [3.63, 3.8) is 0 Å². The molecule has 1 aromatic rings. The highest BCUT2D eigenvalue weighted by atomic mass is 79.9. The molecule has 0 N–H and O–H groups in total. The van der Waals surface area contributed by atoms with Crippen LogP contribution in [0, 0.1) is 0 Å². The normalized spacial score (nSPS) is 22.5.